The van der Waals surface area contributed by atoms with Crippen molar-refractivity contribution in [3.05, 3.63) is 70.8 Å². The van der Waals surface area contributed by atoms with Crippen molar-refractivity contribution < 1.29 is 9.53 Å². The van der Waals surface area contributed by atoms with Crippen LogP contribution < -0.4 is 10.3 Å². The smallest absolute Gasteiger partial charge is 0.261 e. The normalized spacial score (nSPS) is 13.9. The molecule has 0 aliphatic carbocycles. The summed E-state index contributed by atoms with van der Waals surface area (Å²) in [5.74, 6) is 1.10. The molecule has 4 rings (SSSR count). The van der Waals surface area contributed by atoms with Crippen molar-refractivity contribution in [3.63, 3.8) is 0 Å². The van der Waals surface area contributed by atoms with Crippen molar-refractivity contribution in [1.82, 2.24) is 14.5 Å². The highest BCUT2D eigenvalue weighted by Gasteiger charge is 2.21. The van der Waals surface area contributed by atoms with Gasteiger partial charge in [0, 0.05) is 13.1 Å². The molecular weight excluding hydrogens is 342 g/mol. The zero-order chi connectivity index (χ0) is 18.6. The third-order valence-corrected chi connectivity index (χ3v) is 4.80. The van der Waals surface area contributed by atoms with Crippen LogP contribution in [0.4, 0.5) is 0 Å². The standard InChI is InChI=1S/C21H21N3O3/c25-20(23-12-6-7-13-23)14-24-19(15-27-16-8-2-1-3-9-16)22-18-11-5-4-10-17(18)21(24)26/h1-5,8-11H,6-7,12-15H2. The summed E-state index contributed by atoms with van der Waals surface area (Å²) in [6.45, 7) is 1.62. The summed E-state index contributed by atoms with van der Waals surface area (Å²) in [4.78, 5) is 32.0. The molecule has 2 aromatic carbocycles. The lowest BCUT2D eigenvalue weighted by atomic mass is 10.2. The second-order valence-corrected chi connectivity index (χ2v) is 6.63. The Morgan fingerprint density at radius 3 is 2.48 bits per heavy atom. The van der Waals surface area contributed by atoms with E-state index in [0.717, 1.165) is 25.9 Å². The Balaban J connectivity index is 1.68. The number of hydrogen-bond acceptors (Lipinski definition) is 4. The average Bonchev–Trinajstić information content (AvgIpc) is 3.24. The summed E-state index contributed by atoms with van der Waals surface area (Å²) < 4.78 is 7.25. The molecule has 27 heavy (non-hydrogen) atoms. The van der Waals surface area contributed by atoms with Gasteiger partial charge < -0.3 is 9.64 Å². The van der Waals surface area contributed by atoms with E-state index in [1.807, 2.05) is 41.3 Å². The van der Waals surface area contributed by atoms with Crippen molar-refractivity contribution in [1.29, 1.82) is 0 Å². The highest BCUT2D eigenvalue weighted by molar-refractivity contribution is 5.79. The fourth-order valence-corrected chi connectivity index (χ4v) is 3.35. The number of carbonyl (C=O) groups excluding carboxylic acids is 1. The van der Waals surface area contributed by atoms with Gasteiger partial charge in [-0.2, -0.15) is 0 Å². The van der Waals surface area contributed by atoms with Gasteiger partial charge in [0.25, 0.3) is 5.56 Å². The highest BCUT2D eigenvalue weighted by Crippen LogP contribution is 2.14. The van der Waals surface area contributed by atoms with Gasteiger partial charge in [0.2, 0.25) is 5.91 Å². The molecule has 1 amide bonds. The number of nitrogens with zero attached hydrogens (tertiary/aromatic N) is 3. The molecule has 6 nitrogen and oxygen atoms in total. The molecular formula is C21H21N3O3. The van der Waals surface area contributed by atoms with Gasteiger partial charge in [-0.25, -0.2) is 4.98 Å². The predicted molar refractivity (Wildman–Crippen MR) is 103 cm³/mol. The number of fused-ring (bicyclic) bond motifs is 1. The Hall–Kier alpha value is -3.15. The lowest BCUT2D eigenvalue weighted by molar-refractivity contribution is -0.130. The molecule has 1 fully saturated rings. The van der Waals surface area contributed by atoms with E-state index in [0.29, 0.717) is 22.5 Å². The number of benzene rings is 2. The van der Waals surface area contributed by atoms with Crippen LogP contribution in [0.5, 0.6) is 5.75 Å². The largest absolute Gasteiger partial charge is 0.486 e. The first-order valence-electron chi connectivity index (χ1n) is 9.16. The minimum atomic E-state index is -0.209. The van der Waals surface area contributed by atoms with E-state index in [9.17, 15) is 9.59 Å². The number of hydrogen-bond donors (Lipinski definition) is 0. The lowest BCUT2D eigenvalue weighted by Gasteiger charge is -2.18. The number of ether oxygens (including phenoxy) is 1. The Kier molecular flexibility index (Phi) is 4.87. The zero-order valence-corrected chi connectivity index (χ0v) is 15.0. The molecule has 0 radical (unpaired) electrons. The van der Waals surface area contributed by atoms with E-state index in [4.69, 9.17) is 4.74 Å². The minimum absolute atomic E-state index is 0.00977. The molecule has 1 aliphatic rings. The topological polar surface area (TPSA) is 64.4 Å². The number of likely N-dealkylation sites (tertiary alicyclic amines) is 1. The first-order chi connectivity index (χ1) is 13.2. The molecule has 0 saturated carbocycles. The van der Waals surface area contributed by atoms with Crippen LogP contribution in [0.15, 0.2) is 59.4 Å². The Bertz CT molecular complexity index is 1010. The molecule has 2 heterocycles. The van der Waals surface area contributed by atoms with Gasteiger partial charge in [0.15, 0.2) is 5.82 Å². The molecule has 6 heteroatoms. The third kappa shape index (κ3) is 3.69. The van der Waals surface area contributed by atoms with Crippen molar-refractivity contribution in [2.75, 3.05) is 13.1 Å². The summed E-state index contributed by atoms with van der Waals surface area (Å²) in [6, 6.07) is 16.6. The quantitative estimate of drug-likeness (QED) is 0.699. The summed E-state index contributed by atoms with van der Waals surface area (Å²) in [5.41, 5.74) is 0.402. The van der Waals surface area contributed by atoms with E-state index in [1.54, 1.807) is 18.2 Å². The predicted octanol–water partition coefficient (Wildman–Crippen LogP) is 2.60. The molecule has 1 saturated heterocycles. The van der Waals surface area contributed by atoms with Crippen LogP contribution in [0.25, 0.3) is 10.9 Å². The van der Waals surface area contributed by atoms with Crippen LogP contribution in [-0.2, 0) is 17.9 Å². The molecule has 0 unspecified atom stereocenters. The van der Waals surface area contributed by atoms with Crippen LogP contribution in [0, 0.1) is 0 Å². The lowest BCUT2D eigenvalue weighted by Crippen LogP contribution is -2.36. The summed E-state index contributed by atoms with van der Waals surface area (Å²) in [7, 11) is 0. The second-order valence-electron chi connectivity index (χ2n) is 6.63. The summed E-state index contributed by atoms with van der Waals surface area (Å²) in [5, 5.41) is 0.509. The van der Waals surface area contributed by atoms with Crippen molar-refractivity contribution in [3.8, 4) is 5.75 Å². The van der Waals surface area contributed by atoms with Gasteiger partial charge in [-0.05, 0) is 37.1 Å². The van der Waals surface area contributed by atoms with Gasteiger partial charge in [-0.15, -0.1) is 0 Å². The van der Waals surface area contributed by atoms with Gasteiger partial charge in [0.05, 0.1) is 10.9 Å². The SMILES string of the molecule is O=C(Cn1c(COc2ccccc2)nc2ccccc2c1=O)N1CCCC1. The highest BCUT2D eigenvalue weighted by atomic mass is 16.5. The Labute approximate surface area is 157 Å². The van der Waals surface area contributed by atoms with Crippen LogP contribution >= 0.6 is 0 Å². The molecule has 138 valence electrons. The van der Waals surface area contributed by atoms with Crippen molar-refractivity contribution >= 4 is 16.8 Å². The molecule has 1 aliphatic heterocycles. The number of aromatic nitrogens is 2. The van der Waals surface area contributed by atoms with E-state index in [1.165, 1.54) is 4.57 Å². The number of para-hydroxylation sites is 2. The minimum Gasteiger partial charge on any atom is -0.486 e. The Morgan fingerprint density at radius 1 is 1.00 bits per heavy atom. The van der Waals surface area contributed by atoms with E-state index < -0.39 is 0 Å². The van der Waals surface area contributed by atoms with Crippen molar-refractivity contribution in [2.45, 2.75) is 26.0 Å². The maximum absolute atomic E-state index is 13.0. The monoisotopic (exact) mass is 363 g/mol. The van der Waals surface area contributed by atoms with E-state index in [-0.39, 0.29) is 24.6 Å². The fraction of sp³-hybridized carbons (Fsp3) is 0.286. The molecule has 0 bridgehead atoms. The molecule has 0 atom stereocenters. The van der Waals surface area contributed by atoms with Crippen molar-refractivity contribution in [2.24, 2.45) is 0 Å². The van der Waals surface area contributed by atoms with Crippen LogP contribution in [-0.4, -0.2) is 33.4 Å². The van der Waals surface area contributed by atoms with Gasteiger partial charge in [0.1, 0.15) is 18.9 Å². The number of carbonyl (C=O) groups is 1. The van der Waals surface area contributed by atoms with Crippen LogP contribution in [0.2, 0.25) is 0 Å². The number of rotatable bonds is 5. The molecule has 1 aromatic heterocycles. The molecule has 0 N–H and O–H groups in total. The first-order valence-corrected chi connectivity index (χ1v) is 9.16. The molecule has 0 spiro atoms. The third-order valence-electron chi connectivity index (χ3n) is 4.80. The summed E-state index contributed by atoms with van der Waals surface area (Å²) in [6.07, 6.45) is 2.03. The van der Waals surface area contributed by atoms with Gasteiger partial charge in [-0.3, -0.25) is 14.2 Å². The summed E-state index contributed by atoms with van der Waals surface area (Å²) >= 11 is 0. The first kappa shape index (κ1) is 17.3. The second kappa shape index (κ2) is 7.61. The van der Waals surface area contributed by atoms with Crippen LogP contribution in [0.1, 0.15) is 18.7 Å². The van der Waals surface area contributed by atoms with Gasteiger partial charge >= 0.3 is 0 Å². The number of amides is 1. The zero-order valence-electron chi connectivity index (χ0n) is 15.0. The average molecular weight is 363 g/mol. The van der Waals surface area contributed by atoms with Crippen LogP contribution in [0.3, 0.4) is 0 Å². The van der Waals surface area contributed by atoms with E-state index >= 15 is 0 Å². The van der Waals surface area contributed by atoms with Gasteiger partial charge in [-0.1, -0.05) is 30.3 Å². The maximum Gasteiger partial charge on any atom is 0.261 e. The Morgan fingerprint density at radius 2 is 1.70 bits per heavy atom. The molecule has 3 aromatic rings. The van der Waals surface area contributed by atoms with E-state index in [2.05, 4.69) is 4.98 Å². The fourth-order valence-electron chi connectivity index (χ4n) is 3.35. The maximum atomic E-state index is 13.0.